The van der Waals surface area contributed by atoms with Crippen LogP contribution in [0.3, 0.4) is 0 Å². The fourth-order valence-electron chi connectivity index (χ4n) is 2.60. The monoisotopic (exact) mass is 426 g/mol. The predicted molar refractivity (Wildman–Crippen MR) is 110 cm³/mol. The average Bonchev–Trinajstić information content (AvgIpc) is 2.64. The molecule has 0 aliphatic carbocycles. The summed E-state index contributed by atoms with van der Waals surface area (Å²) in [6, 6.07) is 12.5. The SMILES string of the molecule is COc1cccc(OCCNC(=O)C(C)N(c2cccc(Cl)c2)S(C)(=O)=O)c1. The molecule has 1 atom stereocenters. The van der Waals surface area contributed by atoms with Crippen molar-refractivity contribution in [1.29, 1.82) is 0 Å². The van der Waals surface area contributed by atoms with Gasteiger partial charge < -0.3 is 14.8 Å². The highest BCUT2D eigenvalue weighted by Crippen LogP contribution is 2.24. The highest BCUT2D eigenvalue weighted by Gasteiger charge is 2.29. The van der Waals surface area contributed by atoms with E-state index in [1.165, 1.54) is 13.0 Å². The lowest BCUT2D eigenvalue weighted by Crippen LogP contribution is -2.48. The number of sulfonamides is 1. The lowest BCUT2D eigenvalue weighted by Gasteiger charge is -2.28. The molecule has 0 aliphatic rings. The normalized spacial score (nSPS) is 12.1. The number of carbonyl (C=O) groups excluding carboxylic acids is 1. The van der Waals surface area contributed by atoms with Crippen LogP contribution in [0.1, 0.15) is 6.92 Å². The largest absolute Gasteiger partial charge is 0.497 e. The van der Waals surface area contributed by atoms with Crippen LogP contribution in [0.5, 0.6) is 11.5 Å². The van der Waals surface area contributed by atoms with E-state index >= 15 is 0 Å². The second-order valence-corrected chi connectivity index (χ2v) is 8.33. The van der Waals surface area contributed by atoms with Gasteiger partial charge in [-0.3, -0.25) is 9.10 Å². The number of nitrogens with zero attached hydrogens (tertiary/aromatic N) is 1. The number of hydrogen-bond acceptors (Lipinski definition) is 5. The zero-order chi connectivity index (χ0) is 20.7. The number of rotatable bonds is 9. The van der Waals surface area contributed by atoms with Gasteiger partial charge in [0.15, 0.2) is 0 Å². The van der Waals surface area contributed by atoms with E-state index in [2.05, 4.69) is 5.32 Å². The standard InChI is InChI=1S/C19H23ClN2O5S/c1-14(22(28(3,24)25)16-7-4-6-15(20)12-16)19(23)21-10-11-27-18-9-5-8-17(13-18)26-2/h4-9,12-14H,10-11H2,1-3H3,(H,21,23). The number of nitrogens with one attached hydrogen (secondary N) is 1. The molecule has 2 rings (SSSR count). The molecule has 28 heavy (non-hydrogen) atoms. The molecule has 1 amide bonds. The Hall–Kier alpha value is -2.45. The van der Waals surface area contributed by atoms with E-state index in [4.69, 9.17) is 21.1 Å². The van der Waals surface area contributed by atoms with Crippen molar-refractivity contribution in [3.05, 3.63) is 53.6 Å². The van der Waals surface area contributed by atoms with Gasteiger partial charge in [-0.05, 0) is 37.3 Å². The van der Waals surface area contributed by atoms with Crippen LogP contribution in [0, 0.1) is 0 Å². The second kappa shape index (κ2) is 9.66. The lowest BCUT2D eigenvalue weighted by atomic mass is 10.2. The number of anilines is 1. The Morgan fingerprint density at radius 2 is 1.86 bits per heavy atom. The van der Waals surface area contributed by atoms with Crippen LogP contribution in [0.2, 0.25) is 5.02 Å². The molecule has 0 spiro atoms. The highest BCUT2D eigenvalue weighted by molar-refractivity contribution is 7.92. The Morgan fingerprint density at radius 3 is 2.50 bits per heavy atom. The first-order valence-electron chi connectivity index (χ1n) is 8.52. The summed E-state index contributed by atoms with van der Waals surface area (Å²) in [4.78, 5) is 12.5. The van der Waals surface area contributed by atoms with Crippen LogP contribution in [0.15, 0.2) is 48.5 Å². The summed E-state index contributed by atoms with van der Waals surface area (Å²) in [6.07, 6.45) is 1.05. The van der Waals surface area contributed by atoms with Crippen LogP contribution in [0.25, 0.3) is 0 Å². The van der Waals surface area contributed by atoms with Crippen LogP contribution in [0.4, 0.5) is 5.69 Å². The number of methoxy groups -OCH3 is 1. The molecular weight excluding hydrogens is 404 g/mol. The minimum absolute atomic E-state index is 0.216. The molecule has 9 heteroatoms. The summed E-state index contributed by atoms with van der Waals surface area (Å²) in [5.41, 5.74) is 0.324. The van der Waals surface area contributed by atoms with E-state index in [1.807, 2.05) is 0 Å². The van der Waals surface area contributed by atoms with Crippen molar-refractivity contribution in [2.75, 3.05) is 30.8 Å². The van der Waals surface area contributed by atoms with Gasteiger partial charge in [-0.1, -0.05) is 23.7 Å². The van der Waals surface area contributed by atoms with Crippen molar-refractivity contribution in [1.82, 2.24) is 5.32 Å². The third-order valence-corrected chi connectivity index (χ3v) is 5.34. The molecule has 0 aliphatic heterocycles. The first kappa shape index (κ1) is 21.8. The van der Waals surface area contributed by atoms with Crippen molar-refractivity contribution in [2.45, 2.75) is 13.0 Å². The Balaban J connectivity index is 1.97. The molecule has 0 aromatic heterocycles. The van der Waals surface area contributed by atoms with Gasteiger partial charge in [-0.25, -0.2) is 8.42 Å². The average molecular weight is 427 g/mol. The molecule has 0 bridgehead atoms. The summed E-state index contributed by atoms with van der Waals surface area (Å²) in [7, 11) is -2.13. The predicted octanol–water partition coefficient (Wildman–Crippen LogP) is 2.70. The molecule has 2 aromatic carbocycles. The molecular formula is C19H23ClN2O5S. The lowest BCUT2D eigenvalue weighted by molar-refractivity contribution is -0.121. The number of hydrogen-bond donors (Lipinski definition) is 1. The van der Waals surface area contributed by atoms with Crippen molar-refractivity contribution < 1.29 is 22.7 Å². The van der Waals surface area contributed by atoms with Crippen LogP contribution in [-0.2, 0) is 14.8 Å². The van der Waals surface area contributed by atoms with Crippen molar-refractivity contribution in [3.63, 3.8) is 0 Å². The molecule has 0 saturated carbocycles. The Bertz CT molecular complexity index is 920. The Morgan fingerprint density at radius 1 is 1.18 bits per heavy atom. The van der Waals surface area contributed by atoms with Crippen molar-refractivity contribution in [3.8, 4) is 11.5 Å². The molecule has 0 heterocycles. The maximum atomic E-state index is 12.5. The molecule has 7 nitrogen and oxygen atoms in total. The minimum atomic E-state index is -3.69. The number of carbonyl (C=O) groups is 1. The first-order chi connectivity index (χ1) is 13.2. The zero-order valence-electron chi connectivity index (χ0n) is 15.9. The Labute approximate surface area is 170 Å². The van der Waals surface area contributed by atoms with Gasteiger partial charge in [0.05, 0.1) is 25.6 Å². The molecule has 2 aromatic rings. The summed E-state index contributed by atoms with van der Waals surface area (Å²) in [5.74, 6) is 0.832. The van der Waals surface area contributed by atoms with E-state index < -0.39 is 22.0 Å². The number of ether oxygens (including phenoxy) is 2. The van der Waals surface area contributed by atoms with Gasteiger partial charge in [-0.2, -0.15) is 0 Å². The van der Waals surface area contributed by atoms with Crippen molar-refractivity contribution >= 4 is 33.2 Å². The third kappa shape index (κ3) is 6.03. The van der Waals surface area contributed by atoms with Gasteiger partial charge in [-0.15, -0.1) is 0 Å². The third-order valence-electron chi connectivity index (χ3n) is 3.86. The van der Waals surface area contributed by atoms with E-state index in [9.17, 15) is 13.2 Å². The Kier molecular flexibility index (Phi) is 7.53. The fraction of sp³-hybridized carbons (Fsp3) is 0.316. The maximum Gasteiger partial charge on any atom is 0.243 e. The quantitative estimate of drug-likeness (QED) is 0.623. The zero-order valence-corrected chi connectivity index (χ0v) is 17.5. The van der Waals surface area contributed by atoms with E-state index in [0.29, 0.717) is 22.2 Å². The first-order valence-corrected chi connectivity index (χ1v) is 10.7. The number of benzene rings is 2. The molecule has 1 unspecified atom stereocenters. The molecule has 0 saturated heterocycles. The summed E-state index contributed by atoms with van der Waals surface area (Å²) < 4.78 is 36.2. The van der Waals surface area contributed by atoms with Crippen LogP contribution < -0.4 is 19.1 Å². The highest BCUT2D eigenvalue weighted by atomic mass is 35.5. The van der Waals surface area contributed by atoms with E-state index in [0.717, 1.165) is 10.6 Å². The van der Waals surface area contributed by atoms with Crippen LogP contribution in [-0.4, -0.2) is 46.9 Å². The summed E-state index contributed by atoms with van der Waals surface area (Å²) in [6.45, 7) is 1.95. The fourth-order valence-corrected chi connectivity index (χ4v) is 3.95. The van der Waals surface area contributed by atoms with Gasteiger partial charge in [0.25, 0.3) is 0 Å². The molecule has 1 N–H and O–H groups in total. The van der Waals surface area contributed by atoms with Gasteiger partial charge in [0.1, 0.15) is 24.1 Å². The second-order valence-electron chi connectivity index (χ2n) is 6.03. The number of amides is 1. The van der Waals surface area contributed by atoms with E-state index in [-0.39, 0.29) is 13.2 Å². The molecule has 152 valence electrons. The van der Waals surface area contributed by atoms with Gasteiger partial charge >= 0.3 is 0 Å². The molecule has 0 fully saturated rings. The summed E-state index contributed by atoms with van der Waals surface area (Å²) >= 11 is 5.96. The van der Waals surface area contributed by atoms with Gasteiger partial charge in [0.2, 0.25) is 15.9 Å². The van der Waals surface area contributed by atoms with E-state index in [1.54, 1.807) is 49.6 Å². The molecule has 0 radical (unpaired) electrons. The summed E-state index contributed by atoms with van der Waals surface area (Å²) in [5, 5.41) is 3.06. The smallest absolute Gasteiger partial charge is 0.243 e. The maximum absolute atomic E-state index is 12.5. The van der Waals surface area contributed by atoms with Gasteiger partial charge in [0, 0.05) is 11.1 Å². The minimum Gasteiger partial charge on any atom is -0.497 e. The number of halogens is 1. The van der Waals surface area contributed by atoms with Crippen LogP contribution >= 0.6 is 11.6 Å². The topological polar surface area (TPSA) is 84.9 Å². The van der Waals surface area contributed by atoms with Crippen molar-refractivity contribution in [2.24, 2.45) is 0 Å².